The lowest BCUT2D eigenvalue weighted by atomic mass is 10.2. The average Bonchev–Trinajstić information content (AvgIpc) is 3.22. The normalized spacial score (nSPS) is 11.5. The van der Waals surface area contributed by atoms with E-state index in [9.17, 15) is 4.79 Å². The summed E-state index contributed by atoms with van der Waals surface area (Å²) in [6.45, 7) is 9.36. The molecular formula is C19H24ClN5OS. The number of para-hydroxylation sites is 1. The maximum atomic E-state index is 13.4. The third-order valence-corrected chi connectivity index (χ3v) is 6.04. The van der Waals surface area contributed by atoms with Crippen LogP contribution in [0.2, 0.25) is 5.02 Å². The maximum Gasteiger partial charge on any atom is 0.278 e. The topological polar surface area (TPSA) is 54.3 Å². The van der Waals surface area contributed by atoms with Gasteiger partial charge in [-0.1, -0.05) is 42.9 Å². The largest absolute Gasteiger partial charge is 0.302 e. The summed E-state index contributed by atoms with van der Waals surface area (Å²) in [6.07, 6.45) is 1.71. The molecule has 0 fully saturated rings. The number of amides is 1. The van der Waals surface area contributed by atoms with E-state index in [2.05, 4.69) is 28.8 Å². The summed E-state index contributed by atoms with van der Waals surface area (Å²) in [7, 11) is 1.79. The van der Waals surface area contributed by atoms with Gasteiger partial charge in [0.2, 0.25) is 0 Å². The second-order valence-corrected chi connectivity index (χ2v) is 7.78. The van der Waals surface area contributed by atoms with Gasteiger partial charge in [0.05, 0.1) is 15.9 Å². The lowest BCUT2D eigenvalue weighted by molar-refractivity contribution is 0.0974. The number of aryl methyl sites for hydroxylation is 2. The van der Waals surface area contributed by atoms with Crippen molar-refractivity contribution in [2.24, 2.45) is 7.05 Å². The van der Waals surface area contributed by atoms with Crippen LogP contribution in [0.25, 0.3) is 10.2 Å². The van der Waals surface area contributed by atoms with Crippen LogP contribution in [0.15, 0.2) is 24.4 Å². The SMILES string of the molecule is CCN(CC)CCN(C(=O)c1c(C)cnn1C)c1nc2c(Cl)cccc2s1. The fraction of sp³-hybridized carbons (Fsp3) is 0.421. The van der Waals surface area contributed by atoms with Crippen LogP contribution in [0.1, 0.15) is 29.9 Å². The van der Waals surface area contributed by atoms with E-state index < -0.39 is 0 Å². The summed E-state index contributed by atoms with van der Waals surface area (Å²) in [6, 6.07) is 5.70. The average molecular weight is 406 g/mol. The Labute approximate surface area is 168 Å². The number of halogens is 1. The number of hydrogen-bond acceptors (Lipinski definition) is 5. The van der Waals surface area contributed by atoms with Crippen molar-refractivity contribution in [2.45, 2.75) is 20.8 Å². The molecule has 1 aromatic carbocycles. The van der Waals surface area contributed by atoms with Gasteiger partial charge < -0.3 is 4.90 Å². The van der Waals surface area contributed by atoms with E-state index in [-0.39, 0.29) is 5.91 Å². The van der Waals surface area contributed by atoms with Gasteiger partial charge in [-0.05, 0) is 37.7 Å². The number of hydrogen-bond donors (Lipinski definition) is 0. The molecule has 2 heterocycles. The van der Waals surface area contributed by atoms with Crippen LogP contribution in [-0.2, 0) is 7.05 Å². The molecule has 27 heavy (non-hydrogen) atoms. The lowest BCUT2D eigenvalue weighted by Crippen LogP contribution is -2.39. The smallest absolute Gasteiger partial charge is 0.278 e. The van der Waals surface area contributed by atoms with E-state index in [1.807, 2.05) is 25.1 Å². The summed E-state index contributed by atoms with van der Waals surface area (Å²) < 4.78 is 2.60. The number of carbonyl (C=O) groups is 1. The molecule has 0 aliphatic rings. The van der Waals surface area contributed by atoms with Crippen LogP contribution in [0, 0.1) is 6.92 Å². The summed E-state index contributed by atoms with van der Waals surface area (Å²) in [5.41, 5.74) is 2.18. The van der Waals surface area contributed by atoms with Gasteiger partial charge >= 0.3 is 0 Å². The number of anilines is 1. The zero-order valence-corrected chi connectivity index (χ0v) is 17.6. The molecule has 6 nitrogen and oxygen atoms in total. The first-order valence-electron chi connectivity index (χ1n) is 9.04. The third-order valence-electron chi connectivity index (χ3n) is 4.69. The molecule has 144 valence electrons. The second-order valence-electron chi connectivity index (χ2n) is 6.37. The molecule has 0 saturated heterocycles. The van der Waals surface area contributed by atoms with Gasteiger partial charge in [0, 0.05) is 20.1 Å². The minimum absolute atomic E-state index is 0.0881. The van der Waals surface area contributed by atoms with Gasteiger partial charge in [-0.15, -0.1) is 0 Å². The van der Waals surface area contributed by atoms with E-state index in [0.717, 1.165) is 35.4 Å². The highest BCUT2D eigenvalue weighted by atomic mass is 35.5. The Bertz CT molecular complexity index is 927. The Hall–Kier alpha value is -1.96. The molecule has 0 aliphatic heterocycles. The van der Waals surface area contributed by atoms with Gasteiger partial charge in [0.1, 0.15) is 11.2 Å². The Morgan fingerprint density at radius 1 is 1.26 bits per heavy atom. The van der Waals surface area contributed by atoms with E-state index in [1.54, 1.807) is 22.8 Å². The highest BCUT2D eigenvalue weighted by Gasteiger charge is 2.26. The zero-order chi connectivity index (χ0) is 19.6. The van der Waals surface area contributed by atoms with Gasteiger partial charge in [-0.2, -0.15) is 5.10 Å². The second kappa shape index (κ2) is 8.37. The molecule has 2 aromatic heterocycles. The summed E-state index contributed by atoms with van der Waals surface area (Å²) in [5.74, 6) is -0.0881. The minimum Gasteiger partial charge on any atom is -0.302 e. The first-order valence-corrected chi connectivity index (χ1v) is 10.2. The maximum absolute atomic E-state index is 13.4. The number of likely N-dealkylation sites (N-methyl/N-ethyl adjacent to an activating group) is 1. The van der Waals surface area contributed by atoms with Crippen molar-refractivity contribution in [3.05, 3.63) is 40.7 Å². The number of nitrogens with zero attached hydrogens (tertiary/aromatic N) is 5. The Morgan fingerprint density at radius 3 is 2.59 bits per heavy atom. The molecule has 0 unspecified atom stereocenters. The highest BCUT2D eigenvalue weighted by molar-refractivity contribution is 7.22. The summed E-state index contributed by atoms with van der Waals surface area (Å²) >= 11 is 7.78. The van der Waals surface area contributed by atoms with E-state index in [1.165, 1.54) is 11.3 Å². The standard InChI is InChI=1S/C19H24ClN5OS/c1-5-24(6-2)10-11-25(18(26)17-13(3)12-21-23(17)4)19-22-16-14(20)8-7-9-15(16)27-19/h7-9,12H,5-6,10-11H2,1-4H3. The fourth-order valence-electron chi connectivity index (χ4n) is 3.07. The van der Waals surface area contributed by atoms with Gasteiger partial charge in [0.25, 0.3) is 5.91 Å². The molecule has 0 spiro atoms. The fourth-order valence-corrected chi connectivity index (χ4v) is 4.36. The molecule has 0 atom stereocenters. The number of rotatable bonds is 7. The number of aromatic nitrogens is 3. The summed E-state index contributed by atoms with van der Waals surface area (Å²) in [4.78, 5) is 22.1. The molecule has 0 aliphatic carbocycles. The van der Waals surface area contributed by atoms with E-state index in [4.69, 9.17) is 11.6 Å². The van der Waals surface area contributed by atoms with Crippen LogP contribution in [0.4, 0.5) is 5.13 Å². The number of thiazole rings is 1. The molecule has 1 amide bonds. The molecule has 0 N–H and O–H groups in total. The zero-order valence-electron chi connectivity index (χ0n) is 16.1. The van der Waals surface area contributed by atoms with Crippen LogP contribution in [0.5, 0.6) is 0 Å². The van der Waals surface area contributed by atoms with Gasteiger partial charge in [-0.3, -0.25) is 14.4 Å². The molecule has 0 saturated carbocycles. The Morgan fingerprint density at radius 2 is 2.00 bits per heavy atom. The van der Waals surface area contributed by atoms with Crippen LogP contribution in [0.3, 0.4) is 0 Å². The quantitative estimate of drug-likeness (QED) is 0.596. The molecule has 3 aromatic rings. The predicted octanol–water partition coefficient (Wildman–Crippen LogP) is 3.98. The molecule has 3 rings (SSSR count). The lowest BCUT2D eigenvalue weighted by Gasteiger charge is -2.25. The van der Waals surface area contributed by atoms with Crippen molar-refractivity contribution in [3.63, 3.8) is 0 Å². The van der Waals surface area contributed by atoms with Crippen molar-refractivity contribution < 1.29 is 4.79 Å². The minimum atomic E-state index is -0.0881. The highest BCUT2D eigenvalue weighted by Crippen LogP contribution is 2.33. The van der Waals surface area contributed by atoms with E-state index in [0.29, 0.717) is 22.4 Å². The van der Waals surface area contributed by atoms with E-state index >= 15 is 0 Å². The monoisotopic (exact) mass is 405 g/mol. The number of fused-ring (bicyclic) bond motifs is 1. The van der Waals surface area contributed by atoms with Crippen molar-refractivity contribution in [1.82, 2.24) is 19.7 Å². The van der Waals surface area contributed by atoms with Crippen LogP contribution < -0.4 is 4.90 Å². The summed E-state index contributed by atoms with van der Waals surface area (Å²) in [5, 5.41) is 5.48. The first kappa shape index (κ1) is 19.8. The van der Waals surface area contributed by atoms with Crippen molar-refractivity contribution >= 4 is 44.2 Å². The number of carbonyl (C=O) groups excluding carboxylic acids is 1. The van der Waals surface area contributed by atoms with Crippen LogP contribution in [-0.4, -0.2) is 51.8 Å². The van der Waals surface area contributed by atoms with Gasteiger partial charge in [0.15, 0.2) is 5.13 Å². The third kappa shape index (κ3) is 4.00. The molecular weight excluding hydrogens is 382 g/mol. The van der Waals surface area contributed by atoms with Crippen molar-refractivity contribution in [1.29, 1.82) is 0 Å². The first-order chi connectivity index (χ1) is 13.0. The molecule has 0 radical (unpaired) electrons. The number of benzene rings is 1. The molecule has 8 heteroatoms. The molecule has 0 bridgehead atoms. The van der Waals surface area contributed by atoms with Crippen LogP contribution >= 0.6 is 22.9 Å². The van der Waals surface area contributed by atoms with Crippen molar-refractivity contribution in [3.8, 4) is 0 Å². The van der Waals surface area contributed by atoms with Gasteiger partial charge in [-0.25, -0.2) is 4.98 Å². The Kier molecular flexibility index (Phi) is 6.14. The van der Waals surface area contributed by atoms with Crippen molar-refractivity contribution in [2.75, 3.05) is 31.1 Å². The predicted molar refractivity (Wildman–Crippen MR) is 112 cm³/mol. The Balaban J connectivity index is 2.00.